The van der Waals surface area contributed by atoms with Gasteiger partial charge in [0.15, 0.2) is 0 Å². The highest BCUT2D eigenvalue weighted by atomic mass is 19.1. The molecule has 0 radical (unpaired) electrons. The number of hydrogen-bond acceptors (Lipinski definition) is 2. The highest BCUT2D eigenvalue weighted by molar-refractivity contribution is 5.76. The molecule has 3 nitrogen and oxygen atoms in total. The molecule has 1 amide bonds. The Balaban J connectivity index is 1.73. The fraction of sp³-hybridized carbons (Fsp3) is 0.235. The third kappa shape index (κ3) is 4.60. The van der Waals surface area contributed by atoms with E-state index in [1.165, 1.54) is 6.07 Å². The number of aromatic hydroxyl groups is 1. The van der Waals surface area contributed by atoms with Gasteiger partial charge in [0.2, 0.25) is 5.91 Å². The molecule has 0 aliphatic rings. The van der Waals surface area contributed by atoms with Crippen LogP contribution in [0.25, 0.3) is 0 Å². The van der Waals surface area contributed by atoms with Gasteiger partial charge in [-0.15, -0.1) is 0 Å². The summed E-state index contributed by atoms with van der Waals surface area (Å²) in [6.07, 6.45) is 1.20. The Morgan fingerprint density at radius 1 is 1.00 bits per heavy atom. The van der Waals surface area contributed by atoms with Gasteiger partial charge in [-0.2, -0.15) is 0 Å². The predicted octanol–water partition coefficient (Wildman–Crippen LogP) is 2.82. The maximum Gasteiger partial charge on any atom is 0.220 e. The van der Waals surface area contributed by atoms with Gasteiger partial charge >= 0.3 is 0 Å². The van der Waals surface area contributed by atoms with Gasteiger partial charge in [0, 0.05) is 13.0 Å². The van der Waals surface area contributed by atoms with Crippen molar-refractivity contribution in [3.63, 3.8) is 0 Å². The fourth-order valence-electron chi connectivity index (χ4n) is 2.10. The Kier molecular flexibility index (Phi) is 5.32. The number of benzene rings is 2. The van der Waals surface area contributed by atoms with E-state index in [1.807, 2.05) is 12.1 Å². The van der Waals surface area contributed by atoms with Crippen molar-refractivity contribution >= 4 is 5.91 Å². The van der Waals surface area contributed by atoms with Crippen molar-refractivity contribution in [3.8, 4) is 5.75 Å². The maximum atomic E-state index is 13.4. The molecular weight excluding hydrogens is 269 g/mol. The Hall–Kier alpha value is -2.36. The molecule has 0 spiro atoms. The number of phenolic OH excluding ortho intramolecular Hbond substituents is 1. The van der Waals surface area contributed by atoms with Crippen LogP contribution in [0.15, 0.2) is 48.5 Å². The molecule has 2 rings (SSSR count). The van der Waals surface area contributed by atoms with Crippen molar-refractivity contribution in [2.45, 2.75) is 19.3 Å². The number of carbonyl (C=O) groups excluding carboxylic acids is 1. The lowest BCUT2D eigenvalue weighted by atomic mass is 10.1. The number of hydrogen-bond donors (Lipinski definition) is 2. The first-order valence-electron chi connectivity index (χ1n) is 6.94. The summed E-state index contributed by atoms with van der Waals surface area (Å²) in [6, 6.07) is 13.5. The van der Waals surface area contributed by atoms with Gasteiger partial charge in [-0.25, -0.2) is 4.39 Å². The lowest BCUT2D eigenvalue weighted by Crippen LogP contribution is -2.26. The summed E-state index contributed by atoms with van der Waals surface area (Å²) >= 11 is 0. The SMILES string of the molecule is O=C(CCc1ccccc1F)NCCc1ccccc1O. The van der Waals surface area contributed by atoms with Crippen LogP contribution in [0.1, 0.15) is 17.5 Å². The van der Waals surface area contributed by atoms with Gasteiger partial charge in [-0.1, -0.05) is 36.4 Å². The van der Waals surface area contributed by atoms with Gasteiger partial charge in [0.1, 0.15) is 11.6 Å². The molecule has 110 valence electrons. The first kappa shape index (κ1) is 15.0. The predicted molar refractivity (Wildman–Crippen MR) is 79.5 cm³/mol. The van der Waals surface area contributed by atoms with Crippen LogP contribution in [0.2, 0.25) is 0 Å². The zero-order valence-corrected chi connectivity index (χ0v) is 11.7. The number of aryl methyl sites for hydroxylation is 1. The van der Waals surface area contributed by atoms with Crippen molar-refractivity contribution in [3.05, 3.63) is 65.5 Å². The number of para-hydroxylation sites is 1. The van der Waals surface area contributed by atoms with E-state index < -0.39 is 0 Å². The topological polar surface area (TPSA) is 49.3 Å². The molecule has 21 heavy (non-hydrogen) atoms. The van der Waals surface area contributed by atoms with Crippen LogP contribution in [-0.2, 0) is 17.6 Å². The maximum absolute atomic E-state index is 13.4. The summed E-state index contributed by atoms with van der Waals surface area (Å²) in [5.74, 6) is -0.161. The van der Waals surface area contributed by atoms with E-state index in [1.54, 1.807) is 30.3 Å². The number of rotatable bonds is 6. The molecule has 2 aromatic carbocycles. The minimum atomic E-state index is -0.278. The average molecular weight is 287 g/mol. The number of halogens is 1. The van der Waals surface area contributed by atoms with Crippen molar-refractivity contribution in [2.24, 2.45) is 0 Å². The van der Waals surface area contributed by atoms with Gasteiger partial charge < -0.3 is 10.4 Å². The van der Waals surface area contributed by atoms with Crippen molar-refractivity contribution in [1.29, 1.82) is 0 Å². The quantitative estimate of drug-likeness (QED) is 0.858. The smallest absolute Gasteiger partial charge is 0.220 e. The van der Waals surface area contributed by atoms with Gasteiger partial charge in [0.25, 0.3) is 0 Å². The lowest BCUT2D eigenvalue weighted by Gasteiger charge is -2.07. The molecule has 2 N–H and O–H groups in total. The summed E-state index contributed by atoms with van der Waals surface area (Å²) in [5.41, 5.74) is 1.35. The molecule has 0 unspecified atom stereocenters. The molecule has 0 bridgehead atoms. The first-order valence-corrected chi connectivity index (χ1v) is 6.94. The number of nitrogens with one attached hydrogen (secondary N) is 1. The highest BCUT2D eigenvalue weighted by Gasteiger charge is 2.06. The highest BCUT2D eigenvalue weighted by Crippen LogP contribution is 2.15. The number of phenols is 1. The molecule has 0 saturated carbocycles. The molecule has 0 atom stereocenters. The fourth-order valence-corrected chi connectivity index (χ4v) is 2.10. The molecule has 0 aliphatic heterocycles. The van der Waals surface area contributed by atoms with Crippen LogP contribution in [0.3, 0.4) is 0 Å². The second-order valence-electron chi connectivity index (χ2n) is 4.82. The molecule has 2 aromatic rings. The summed E-state index contributed by atoms with van der Waals surface area (Å²) in [7, 11) is 0. The molecule has 4 heteroatoms. The van der Waals surface area contributed by atoms with Crippen LogP contribution in [0.5, 0.6) is 5.75 Å². The van der Waals surface area contributed by atoms with E-state index in [2.05, 4.69) is 5.32 Å². The minimum absolute atomic E-state index is 0.117. The van der Waals surface area contributed by atoms with E-state index >= 15 is 0 Å². The zero-order chi connectivity index (χ0) is 15.1. The van der Waals surface area contributed by atoms with Gasteiger partial charge in [-0.3, -0.25) is 4.79 Å². The molecular formula is C17H18FNO2. The third-order valence-corrected chi connectivity index (χ3v) is 3.29. The van der Waals surface area contributed by atoms with Crippen molar-refractivity contribution in [1.82, 2.24) is 5.32 Å². The van der Waals surface area contributed by atoms with Crippen LogP contribution in [0.4, 0.5) is 4.39 Å². The number of amides is 1. The summed E-state index contributed by atoms with van der Waals surface area (Å²) < 4.78 is 13.4. The monoisotopic (exact) mass is 287 g/mol. The van der Waals surface area contributed by atoms with Crippen LogP contribution in [0, 0.1) is 5.82 Å². The summed E-state index contributed by atoms with van der Waals surface area (Å²) in [4.78, 5) is 11.7. The summed E-state index contributed by atoms with van der Waals surface area (Å²) in [5, 5.41) is 12.4. The Morgan fingerprint density at radius 2 is 1.67 bits per heavy atom. The first-order chi connectivity index (χ1) is 10.2. The molecule has 0 heterocycles. The normalized spacial score (nSPS) is 10.3. The number of carbonyl (C=O) groups is 1. The Bertz CT molecular complexity index is 613. The molecule has 0 aromatic heterocycles. The summed E-state index contributed by atoms with van der Waals surface area (Å²) in [6.45, 7) is 0.452. The largest absolute Gasteiger partial charge is 0.508 e. The second kappa shape index (κ2) is 7.43. The van der Waals surface area contributed by atoms with Gasteiger partial charge in [-0.05, 0) is 36.1 Å². The minimum Gasteiger partial charge on any atom is -0.508 e. The lowest BCUT2D eigenvalue weighted by molar-refractivity contribution is -0.121. The van der Waals surface area contributed by atoms with E-state index in [0.717, 1.165) is 5.56 Å². The molecule has 0 aliphatic carbocycles. The van der Waals surface area contributed by atoms with Crippen LogP contribution in [-0.4, -0.2) is 17.6 Å². The standard InChI is InChI=1S/C17H18FNO2/c18-15-7-3-1-5-13(15)9-10-17(21)19-12-11-14-6-2-4-8-16(14)20/h1-8,20H,9-12H2,(H,19,21). The van der Waals surface area contributed by atoms with E-state index in [-0.39, 0.29) is 23.9 Å². The van der Waals surface area contributed by atoms with E-state index in [4.69, 9.17) is 0 Å². The van der Waals surface area contributed by atoms with Crippen molar-refractivity contribution in [2.75, 3.05) is 6.54 Å². The average Bonchev–Trinajstić information content (AvgIpc) is 2.48. The third-order valence-electron chi connectivity index (χ3n) is 3.29. The molecule has 0 saturated heterocycles. The Labute approximate surface area is 123 Å². The zero-order valence-electron chi connectivity index (χ0n) is 11.7. The van der Waals surface area contributed by atoms with Gasteiger partial charge in [0.05, 0.1) is 0 Å². The van der Waals surface area contributed by atoms with Crippen LogP contribution < -0.4 is 5.32 Å². The molecule has 0 fully saturated rings. The van der Waals surface area contributed by atoms with Crippen molar-refractivity contribution < 1.29 is 14.3 Å². The Morgan fingerprint density at radius 3 is 2.38 bits per heavy atom. The van der Waals surface area contributed by atoms with E-state index in [0.29, 0.717) is 24.9 Å². The second-order valence-corrected chi connectivity index (χ2v) is 4.82. The van der Waals surface area contributed by atoms with Crippen LogP contribution >= 0.6 is 0 Å². The van der Waals surface area contributed by atoms with E-state index in [9.17, 15) is 14.3 Å².